The number of hydrogen-bond acceptors (Lipinski definition) is 1. The van der Waals surface area contributed by atoms with Gasteiger partial charge in [-0.1, -0.05) is 20.8 Å². The molecule has 0 aromatic heterocycles. The Bertz CT molecular complexity index is 121. The van der Waals surface area contributed by atoms with Gasteiger partial charge in [0.15, 0.2) is 0 Å². The van der Waals surface area contributed by atoms with E-state index < -0.39 is 5.97 Å². The summed E-state index contributed by atoms with van der Waals surface area (Å²) in [4.78, 5) is 10.3. The van der Waals surface area contributed by atoms with E-state index in [-0.39, 0.29) is 5.92 Å². The predicted octanol–water partition coefficient (Wildman–Crippen LogP) is 2.53. The second-order valence-corrected chi connectivity index (χ2v) is 2.95. The molecule has 1 fully saturated rings. The minimum absolute atomic E-state index is 0.0417. The second-order valence-electron chi connectivity index (χ2n) is 2.95. The largest absolute Gasteiger partial charge is 0.481 e. The first-order chi connectivity index (χ1) is 5.20. The highest BCUT2D eigenvalue weighted by Crippen LogP contribution is 2.29. The summed E-state index contributed by atoms with van der Waals surface area (Å²) in [6, 6.07) is 0. The van der Waals surface area contributed by atoms with E-state index in [2.05, 4.69) is 6.92 Å². The van der Waals surface area contributed by atoms with Crippen LogP contribution in [0.2, 0.25) is 0 Å². The molecule has 1 aliphatic carbocycles. The molecule has 66 valence electrons. The van der Waals surface area contributed by atoms with Gasteiger partial charge in [0.05, 0.1) is 5.92 Å². The minimum Gasteiger partial charge on any atom is -0.481 e. The van der Waals surface area contributed by atoms with Crippen molar-refractivity contribution in [1.82, 2.24) is 0 Å². The molecule has 11 heavy (non-hydrogen) atoms. The van der Waals surface area contributed by atoms with Crippen LogP contribution in [0.3, 0.4) is 0 Å². The van der Waals surface area contributed by atoms with Crippen LogP contribution in [0.4, 0.5) is 0 Å². The Morgan fingerprint density at radius 2 is 1.91 bits per heavy atom. The van der Waals surface area contributed by atoms with E-state index in [0.29, 0.717) is 5.92 Å². The Morgan fingerprint density at radius 3 is 2.09 bits per heavy atom. The minimum atomic E-state index is -0.612. The Kier molecular flexibility index (Phi) is 4.92. The van der Waals surface area contributed by atoms with E-state index >= 15 is 0 Å². The first-order valence-electron chi connectivity index (χ1n) is 4.43. The third kappa shape index (κ3) is 3.40. The van der Waals surface area contributed by atoms with Gasteiger partial charge in [0.2, 0.25) is 0 Å². The molecule has 0 aromatic rings. The Morgan fingerprint density at radius 1 is 1.36 bits per heavy atom. The summed E-state index contributed by atoms with van der Waals surface area (Å²) in [5, 5.41) is 8.53. The molecular formula is C9H18O2. The van der Waals surface area contributed by atoms with Crippen LogP contribution in [-0.4, -0.2) is 11.1 Å². The van der Waals surface area contributed by atoms with Crippen molar-refractivity contribution in [3.63, 3.8) is 0 Å². The summed E-state index contributed by atoms with van der Waals surface area (Å²) < 4.78 is 0. The van der Waals surface area contributed by atoms with Crippen LogP contribution in [0.15, 0.2) is 0 Å². The fourth-order valence-electron chi connectivity index (χ4n) is 1.43. The van der Waals surface area contributed by atoms with Crippen molar-refractivity contribution in [3.05, 3.63) is 0 Å². The molecule has 1 aliphatic rings. The first kappa shape index (κ1) is 10.5. The van der Waals surface area contributed by atoms with Gasteiger partial charge in [-0.25, -0.2) is 0 Å². The molecular weight excluding hydrogens is 140 g/mol. The van der Waals surface area contributed by atoms with E-state index in [1.807, 2.05) is 13.8 Å². The van der Waals surface area contributed by atoms with Crippen molar-refractivity contribution in [2.24, 2.45) is 11.8 Å². The molecule has 1 rings (SSSR count). The fourth-order valence-corrected chi connectivity index (χ4v) is 1.43. The smallest absolute Gasteiger partial charge is 0.306 e. The highest BCUT2D eigenvalue weighted by molar-refractivity contribution is 5.70. The van der Waals surface area contributed by atoms with E-state index in [4.69, 9.17) is 5.11 Å². The molecule has 0 bridgehead atoms. The molecule has 2 heteroatoms. The lowest BCUT2D eigenvalue weighted by molar-refractivity contribution is -0.141. The van der Waals surface area contributed by atoms with Gasteiger partial charge in [-0.2, -0.15) is 0 Å². The average molecular weight is 158 g/mol. The number of carbonyl (C=O) groups is 1. The summed E-state index contributed by atoms with van der Waals surface area (Å²) in [6.45, 7) is 6.11. The molecule has 2 nitrogen and oxygen atoms in total. The molecule has 0 heterocycles. The summed E-state index contributed by atoms with van der Waals surface area (Å²) in [5.41, 5.74) is 0. The van der Waals surface area contributed by atoms with Crippen LogP contribution in [0.5, 0.6) is 0 Å². The van der Waals surface area contributed by atoms with Gasteiger partial charge in [0.1, 0.15) is 0 Å². The Labute approximate surface area is 68.6 Å². The van der Waals surface area contributed by atoms with Crippen LogP contribution in [-0.2, 0) is 4.79 Å². The van der Waals surface area contributed by atoms with Gasteiger partial charge in [-0.3, -0.25) is 4.79 Å². The topological polar surface area (TPSA) is 37.3 Å². The summed E-state index contributed by atoms with van der Waals surface area (Å²) in [7, 11) is 0. The van der Waals surface area contributed by atoms with Gasteiger partial charge in [-0.15, -0.1) is 0 Å². The van der Waals surface area contributed by atoms with E-state index in [0.717, 1.165) is 19.3 Å². The zero-order valence-electron chi connectivity index (χ0n) is 7.63. The maximum absolute atomic E-state index is 10.3. The monoisotopic (exact) mass is 158 g/mol. The molecule has 0 spiro atoms. The lowest BCUT2D eigenvalue weighted by atomic mass is 10.1. The van der Waals surface area contributed by atoms with Gasteiger partial charge in [0, 0.05) is 0 Å². The van der Waals surface area contributed by atoms with Gasteiger partial charge in [-0.05, 0) is 25.2 Å². The van der Waals surface area contributed by atoms with Crippen LogP contribution < -0.4 is 0 Å². The highest BCUT2D eigenvalue weighted by Gasteiger charge is 2.26. The van der Waals surface area contributed by atoms with Crippen molar-refractivity contribution in [2.75, 3.05) is 0 Å². The number of carboxylic acid groups (broad SMARTS) is 1. The van der Waals surface area contributed by atoms with Crippen molar-refractivity contribution in [1.29, 1.82) is 0 Å². The quantitative estimate of drug-likeness (QED) is 0.636. The second kappa shape index (κ2) is 5.16. The normalized spacial score (nSPS) is 29.0. The number of rotatable bonds is 1. The third-order valence-electron chi connectivity index (χ3n) is 2.04. The SMILES string of the molecule is CC.CC1CCC(C(=O)O)C1. The standard InChI is InChI=1S/C7H12O2.C2H6/c1-5-2-3-6(4-5)7(8)9;1-2/h5-6H,2-4H2,1H3,(H,8,9);1-2H3. The third-order valence-corrected chi connectivity index (χ3v) is 2.04. The molecule has 0 amide bonds. The van der Waals surface area contributed by atoms with E-state index in [1.165, 1.54) is 0 Å². The summed E-state index contributed by atoms with van der Waals surface area (Å²) >= 11 is 0. The highest BCUT2D eigenvalue weighted by atomic mass is 16.4. The zero-order chi connectivity index (χ0) is 8.85. The Hall–Kier alpha value is -0.530. The molecule has 0 aliphatic heterocycles. The number of hydrogen-bond donors (Lipinski definition) is 1. The van der Waals surface area contributed by atoms with Crippen LogP contribution in [0, 0.1) is 11.8 Å². The number of carboxylic acids is 1. The molecule has 2 unspecified atom stereocenters. The predicted molar refractivity (Wildman–Crippen MR) is 45.5 cm³/mol. The van der Waals surface area contributed by atoms with Crippen molar-refractivity contribution < 1.29 is 9.90 Å². The summed E-state index contributed by atoms with van der Waals surface area (Å²) in [5.74, 6) is -0.0227. The Balaban J connectivity index is 0.000000461. The van der Waals surface area contributed by atoms with Crippen molar-refractivity contribution >= 4 is 5.97 Å². The van der Waals surface area contributed by atoms with Gasteiger partial charge in [0.25, 0.3) is 0 Å². The maximum Gasteiger partial charge on any atom is 0.306 e. The van der Waals surface area contributed by atoms with Crippen LogP contribution in [0.1, 0.15) is 40.0 Å². The number of aliphatic carboxylic acids is 1. The van der Waals surface area contributed by atoms with Crippen LogP contribution in [0.25, 0.3) is 0 Å². The molecule has 1 saturated carbocycles. The van der Waals surface area contributed by atoms with E-state index in [9.17, 15) is 4.79 Å². The average Bonchev–Trinajstić information content (AvgIpc) is 2.40. The van der Waals surface area contributed by atoms with Gasteiger partial charge < -0.3 is 5.11 Å². The fraction of sp³-hybridized carbons (Fsp3) is 0.889. The molecule has 1 N–H and O–H groups in total. The van der Waals surface area contributed by atoms with Crippen molar-refractivity contribution in [3.8, 4) is 0 Å². The maximum atomic E-state index is 10.3. The molecule has 0 radical (unpaired) electrons. The zero-order valence-corrected chi connectivity index (χ0v) is 7.63. The van der Waals surface area contributed by atoms with Crippen molar-refractivity contribution in [2.45, 2.75) is 40.0 Å². The molecule has 2 atom stereocenters. The molecule has 0 saturated heterocycles. The lowest BCUT2D eigenvalue weighted by Crippen LogP contribution is -2.08. The first-order valence-corrected chi connectivity index (χ1v) is 4.43. The lowest BCUT2D eigenvalue weighted by Gasteiger charge is -1.99. The van der Waals surface area contributed by atoms with Gasteiger partial charge >= 0.3 is 5.97 Å². The molecule has 0 aromatic carbocycles. The van der Waals surface area contributed by atoms with E-state index in [1.54, 1.807) is 0 Å². The summed E-state index contributed by atoms with van der Waals surface area (Å²) in [6.07, 6.45) is 2.86. The van der Waals surface area contributed by atoms with Crippen LogP contribution >= 0.6 is 0 Å².